The largest absolute Gasteiger partial charge is 0.444 e. The van der Waals surface area contributed by atoms with E-state index < -0.39 is 11.0 Å². The van der Waals surface area contributed by atoms with Gasteiger partial charge in [0.1, 0.15) is 5.60 Å². The Morgan fingerprint density at radius 2 is 1.74 bits per heavy atom. The fourth-order valence-corrected chi connectivity index (χ4v) is 3.55. The van der Waals surface area contributed by atoms with E-state index >= 15 is 0 Å². The van der Waals surface area contributed by atoms with Gasteiger partial charge < -0.3 is 15.0 Å². The molecule has 1 saturated heterocycles. The molecule has 1 aliphatic heterocycles. The number of nitrogens with zero attached hydrogens (tertiary/aromatic N) is 1. The quantitative estimate of drug-likeness (QED) is 0.757. The number of ether oxygens (including phenoxy) is 1. The highest BCUT2D eigenvalue weighted by Crippen LogP contribution is 2.36. The molecule has 1 heterocycles. The molecule has 1 fully saturated rings. The second-order valence-corrected chi connectivity index (χ2v) is 8.38. The number of hydrogen-bond donors (Lipinski definition) is 1. The maximum Gasteiger partial charge on any atom is 0.410 e. The number of benzene rings is 1. The molecule has 0 unspecified atom stereocenters. The Morgan fingerprint density at radius 1 is 1.11 bits per heavy atom. The van der Waals surface area contributed by atoms with Crippen LogP contribution < -0.4 is 5.32 Å². The van der Waals surface area contributed by atoms with Crippen molar-refractivity contribution in [1.82, 2.24) is 10.2 Å². The first-order valence-electron chi connectivity index (χ1n) is 10.1. The Balaban J connectivity index is 2.10. The minimum Gasteiger partial charge on any atom is -0.444 e. The van der Waals surface area contributed by atoms with Crippen molar-refractivity contribution in [3.05, 3.63) is 35.9 Å². The number of carbonyl (C=O) groups is 2. The summed E-state index contributed by atoms with van der Waals surface area (Å²) >= 11 is 0. The molecule has 1 aromatic rings. The minimum atomic E-state index is -0.577. The van der Waals surface area contributed by atoms with Crippen LogP contribution in [0.2, 0.25) is 0 Å². The van der Waals surface area contributed by atoms with Crippen molar-refractivity contribution in [2.24, 2.45) is 0 Å². The van der Waals surface area contributed by atoms with Crippen LogP contribution >= 0.6 is 0 Å². The molecule has 1 N–H and O–H groups in total. The summed E-state index contributed by atoms with van der Waals surface area (Å²) < 4.78 is 5.49. The van der Waals surface area contributed by atoms with E-state index in [1.165, 1.54) is 0 Å². The number of rotatable bonds is 6. The Labute approximate surface area is 163 Å². The molecule has 1 aromatic carbocycles. The maximum atomic E-state index is 13.1. The highest BCUT2D eigenvalue weighted by atomic mass is 16.6. The summed E-state index contributed by atoms with van der Waals surface area (Å²) in [6.45, 7) is 9.50. The van der Waals surface area contributed by atoms with Crippen LogP contribution in [0, 0.1) is 0 Å². The molecule has 150 valence electrons. The van der Waals surface area contributed by atoms with Crippen LogP contribution in [-0.2, 0) is 14.9 Å². The zero-order valence-electron chi connectivity index (χ0n) is 17.2. The minimum absolute atomic E-state index is 0.0774. The molecule has 5 nitrogen and oxygen atoms in total. The predicted molar refractivity (Wildman–Crippen MR) is 108 cm³/mol. The van der Waals surface area contributed by atoms with Crippen LogP contribution in [0.25, 0.3) is 0 Å². The van der Waals surface area contributed by atoms with Crippen LogP contribution in [0.4, 0.5) is 4.79 Å². The molecule has 0 radical (unpaired) electrons. The van der Waals surface area contributed by atoms with Crippen LogP contribution in [0.3, 0.4) is 0 Å². The van der Waals surface area contributed by atoms with E-state index in [-0.39, 0.29) is 12.0 Å². The first-order valence-corrected chi connectivity index (χ1v) is 10.1. The van der Waals surface area contributed by atoms with Gasteiger partial charge in [0.05, 0.1) is 5.41 Å². The zero-order chi connectivity index (χ0) is 19.9. The molecule has 2 rings (SSSR count). The third kappa shape index (κ3) is 5.72. The first kappa shape index (κ1) is 21.3. The van der Waals surface area contributed by atoms with Crippen LogP contribution in [-0.4, -0.2) is 42.1 Å². The standard InChI is InChI=1S/C22H34N2O3/c1-5-6-10-15-23-19(25)22(18-11-8-7-9-12-18)13-16-24(17-14-22)20(26)27-21(2,3)4/h7-9,11-12H,5-6,10,13-17H2,1-4H3,(H,23,25). The Bertz CT molecular complexity index is 614. The van der Waals surface area contributed by atoms with E-state index in [4.69, 9.17) is 4.74 Å². The van der Waals surface area contributed by atoms with Crippen LogP contribution in [0.1, 0.15) is 65.4 Å². The molecular weight excluding hydrogens is 340 g/mol. The van der Waals surface area contributed by atoms with E-state index in [1.807, 2.05) is 51.1 Å². The molecule has 5 heteroatoms. The lowest BCUT2D eigenvalue weighted by Crippen LogP contribution is -2.53. The van der Waals surface area contributed by atoms with Crippen molar-refractivity contribution in [2.75, 3.05) is 19.6 Å². The highest BCUT2D eigenvalue weighted by Gasteiger charge is 2.44. The average molecular weight is 375 g/mol. The van der Waals surface area contributed by atoms with E-state index in [2.05, 4.69) is 12.2 Å². The lowest BCUT2D eigenvalue weighted by atomic mass is 9.72. The molecule has 0 spiro atoms. The van der Waals surface area contributed by atoms with Gasteiger partial charge in [0, 0.05) is 19.6 Å². The summed E-state index contributed by atoms with van der Waals surface area (Å²) in [5.74, 6) is 0.0774. The number of unbranched alkanes of at least 4 members (excludes halogenated alkanes) is 2. The van der Waals surface area contributed by atoms with Crippen LogP contribution in [0.15, 0.2) is 30.3 Å². The van der Waals surface area contributed by atoms with Crippen molar-refractivity contribution in [3.8, 4) is 0 Å². The van der Waals surface area contributed by atoms with Gasteiger partial charge in [0.25, 0.3) is 0 Å². The lowest BCUT2D eigenvalue weighted by molar-refractivity contribution is -0.128. The normalized spacial score (nSPS) is 16.7. The van der Waals surface area contributed by atoms with Crippen LogP contribution in [0.5, 0.6) is 0 Å². The molecule has 0 atom stereocenters. The third-order valence-corrected chi connectivity index (χ3v) is 5.10. The molecule has 0 saturated carbocycles. The molecule has 1 aliphatic rings. The van der Waals surface area contributed by atoms with Gasteiger partial charge in [-0.15, -0.1) is 0 Å². The first-order chi connectivity index (χ1) is 12.8. The molecule has 2 amide bonds. The van der Waals surface area contributed by atoms with Gasteiger partial charge in [-0.1, -0.05) is 50.1 Å². The Morgan fingerprint density at radius 3 is 2.30 bits per heavy atom. The maximum absolute atomic E-state index is 13.1. The summed E-state index contributed by atoms with van der Waals surface area (Å²) in [4.78, 5) is 27.2. The molecule has 0 aliphatic carbocycles. The number of nitrogens with one attached hydrogen (secondary N) is 1. The summed E-state index contributed by atoms with van der Waals surface area (Å²) in [6, 6.07) is 9.96. The number of piperidine rings is 1. The Hall–Kier alpha value is -2.04. The summed E-state index contributed by atoms with van der Waals surface area (Å²) in [5.41, 5.74) is -0.0601. The number of hydrogen-bond acceptors (Lipinski definition) is 3. The van der Waals surface area contributed by atoms with Gasteiger partial charge >= 0.3 is 6.09 Å². The third-order valence-electron chi connectivity index (χ3n) is 5.10. The number of likely N-dealkylation sites (tertiary alicyclic amines) is 1. The van der Waals surface area contributed by atoms with Crippen molar-refractivity contribution in [2.45, 2.75) is 70.8 Å². The predicted octanol–water partition coefficient (Wildman–Crippen LogP) is 4.26. The second-order valence-electron chi connectivity index (χ2n) is 8.38. The fourth-order valence-electron chi connectivity index (χ4n) is 3.55. The van der Waals surface area contributed by atoms with E-state index in [0.717, 1.165) is 24.8 Å². The second kappa shape index (κ2) is 9.25. The van der Waals surface area contributed by atoms with Crippen molar-refractivity contribution in [1.29, 1.82) is 0 Å². The monoisotopic (exact) mass is 374 g/mol. The van der Waals surface area contributed by atoms with E-state index in [0.29, 0.717) is 32.5 Å². The SMILES string of the molecule is CCCCCNC(=O)C1(c2ccccc2)CCN(C(=O)OC(C)(C)C)CC1. The Kier molecular flexibility index (Phi) is 7.28. The van der Waals surface area contributed by atoms with Gasteiger partial charge in [-0.05, 0) is 45.6 Å². The molecule has 0 bridgehead atoms. The highest BCUT2D eigenvalue weighted by molar-refractivity contribution is 5.88. The van der Waals surface area contributed by atoms with Crippen molar-refractivity contribution in [3.63, 3.8) is 0 Å². The summed E-state index contributed by atoms with van der Waals surface area (Å²) in [7, 11) is 0. The molecule has 0 aromatic heterocycles. The topological polar surface area (TPSA) is 58.6 Å². The van der Waals surface area contributed by atoms with Gasteiger partial charge in [-0.3, -0.25) is 4.79 Å². The van der Waals surface area contributed by atoms with Gasteiger partial charge in [-0.2, -0.15) is 0 Å². The van der Waals surface area contributed by atoms with Gasteiger partial charge in [0.2, 0.25) is 5.91 Å². The number of amides is 2. The van der Waals surface area contributed by atoms with E-state index in [9.17, 15) is 9.59 Å². The van der Waals surface area contributed by atoms with Crippen molar-refractivity contribution < 1.29 is 14.3 Å². The smallest absolute Gasteiger partial charge is 0.410 e. The zero-order valence-corrected chi connectivity index (χ0v) is 17.2. The van der Waals surface area contributed by atoms with Crippen molar-refractivity contribution >= 4 is 12.0 Å². The van der Waals surface area contributed by atoms with Gasteiger partial charge in [-0.25, -0.2) is 4.79 Å². The fraction of sp³-hybridized carbons (Fsp3) is 0.636. The molecule has 27 heavy (non-hydrogen) atoms. The number of carbonyl (C=O) groups excluding carboxylic acids is 2. The van der Waals surface area contributed by atoms with Gasteiger partial charge in [0.15, 0.2) is 0 Å². The van der Waals surface area contributed by atoms with E-state index in [1.54, 1.807) is 4.90 Å². The molecular formula is C22H34N2O3. The average Bonchev–Trinajstić information content (AvgIpc) is 2.64. The summed E-state index contributed by atoms with van der Waals surface area (Å²) in [5, 5.41) is 3.14. The lowest BCUT2D eigenvalue weighted by Gasteiger charge is -2.41. The summed E-state index contributed by atoms with van der Waals surface area (Å²) in [6.07, 6.45) is 4.16.